The van der Waals surface area contributed by atoms with Gasteiger partial charge in [0.25, 0.3) is 5.69 Å². The van der Waals surface area contributed by atoms with Crippen LogP contribution in [0, 0.1) is 16.0 Å². The standard InChI is InChI=1S/C11H16N4O2/c1-7(8-2-3-8)13-9-4-10(14-12)6-11(5-9)15(16)17/h4-8,13-14H,2-3,12H2,1H3. The summed E-state index contributed by atoms with van der Waals surface area (Å²) in [6.45, 7) is 2.09. The van der Waals surface area contributed by atoms with E-state index in [1.807, 2.05) is 0 Å². The summed E-state index contributed by atoms with van der Waals surface area (Å²) in [4.78, 5) is 10.3. The third kappa shape index (κ3) is 2.85. The molecular weight excluding hydrogens is 220 g/mol. The van der Waals surface area contributed by atoms with Crippen molar-refractivity contribution in [2.75, 3.05) is 10.7 Å². The summed E-state index contributed by atoms with van der Waals surface area (Å²) in [6, 6.07) is 5.04. The van der Waals surface area contributed by atoms with Gasteiger partial charge in [0.15, 0.2) is 0 Å². The van der Waals surface area contributed by atoms with Crippen molar-refractivity contribution in [3.05, 3.63) is 28.3 Å². The van der Waals surface area contributed by atoms with Gasteiger partial charge in [-0.25, -0.2) is 0 Å². The van der Waals surface area contributed by atoms with Crippen LogP contribution in [0.25, 0.3) is 0 Å². The highest BCUT2D eigenvalue weighted by atomic mass is 16.6. The van der Waals surface area contributed by atoms with Gasteiger partial charge in [-0.05, 0) is 31.7 Å². The molecule has 1 fully saturated rings. The molecule has 0 saturated heterocycles. The van der Waals surface area contributed by atoms with Gasteiger partial charge in [-0.15, -0.1) is 0 Å². The molecule has 0 aliphatic heterocycles. The van der Waals surface area contributed by atoms with Crippen LogP contribution in [0.2, 0.25) is 0 Å². The van der Waals surface area contributed by atoms with Crippen LogP contribution in [0.4, 0.5) is 17.1 Å². The van der Waals surface area contributed by atoms with Crippen LogP contribution < -0.4 is 16.6 Å². The van der Waals surface area contributed by atoms with Crippen LogP contribution in [0.5, 0.6) is 0 Å². The van der Waals surface area contributed by atoms with Crippen molar-refractivity contribution in [1.29, 1.82) is 0 Å². The first-order valence-corrected chi connectivity index (χ1v) is 5.63. The number of nitrogens with one attached hydrogen (secondary N) is 2. The highest BCUT2D eigenvalue weighted by molar-refractivity contribution is 5.63. The van der Waals surface area contributed by atoms with Crippen molar-refractivity contribution in [2.45, 2.75) is 25.8 Å². The van der Waals surface area contributed by atoms with E-state index >= 15 is 0 Å². The lowest BCUT2D eigenvalue weighted by Crippen LogP contribution is -2.17. The lowest BCUT2D eigenvalue weighted by Gasteiger charge is -2.15. The Bertz CT molecular complexity index is 431. The Labute approximate surface area is 99.3 Å². The van der Waals surface area contributed by atoms with E-state index in [0.717, 1.165) is 5.69 Å². The number of nitro groups is 1. The summed E-state index contributed by atoms with van der Waals surface area (Å²) in [5.74, 6) is 5.97. The van der Waals surface area contributed by atoms with E-state index in [-0.39, 0.29) is 5.69 Å². The average Bonchev–Trinajstić information content (AvgIpc) is 3.12. The number of hydrazine groups is 1. The number of rotatable bonds is 5. The Balaban J connectivity index is 2.19. The molecule has 92 valence electrons. The van der Waals surface area contributed by atoms with Gasteiger partial charge in [0.1, 0.15) is 0 Å². The van der Waals surface area contributed by atoms with E-state index in [1.54, 1.807) is 6.07 Å². The number of nitrogens with zero attached hydrogens (tertiary/aromatic N) is 1. The molecule has 0 radical (unpaired) electrons. The number of hydrogen-bond donors (Lipinski definition) is 3. The highest BCUT2D eigenvalue weighted by Crippen LogP contribution is 2.34. The number of hydrogen-bond acceptors (Lipinski definition) is 5. The molecule has 17 heavy (non-hydrogen) atoms. The van der Waals surface area contributed by atoms with Crippen molar-refractivity contribution < 1.29 is 4.92 Å². The topological polar surface area (TPSA) is 93.2 Å². The number of benzene rings is 1. The number of nitro benzene ring substituents is 1. The van der Waals surface area contributed by atoms with Gasteiger partial charge < -0.3 is 10.7 Å². The molecular formula is C11H16N4O2. The highest BCUT2D eigenvalue weighted by Gasteiger charge is 2.28. The van der Waals surface area contributed by atoms with E-state index in [4.69, 9.17) is 5.84 Å². The second kappa shape index (κ2) is 4.58. The van der Waals surface area contributed by atoms with Crippen LogP contribution in [0.1, 0.15) is 19.8 Å². The van der Waals surface area contributed by atoms with Gasteiger partial charge in [0.05, 0.1) is 10.6 Å². The molecule has 0 amide bonds. The Hall–Kier alpha value is -1.82. The third-order valence-corrected chi connectivity index (χ3v) is 3.02. The fraction of sp³-hybridized carbons (Fsp3) is 0.455. The normalized spacial score (nSPS) is 16.4. The van der Waals surface area contributed by atoms with Gasteiger partial charge in [-0.2, -0.15) is 0 Å². The molecule has 1 atom stereocenters. The maximum absolute atomic E-state index is 10.8. The fourth-order valence-corrected chi connectivity index (χ4v) is 1.86. The second-order valence-corrected chi connectivity index (χ2v) is 4.44. The van der Waals surface area contributed by atoms with Crippen molar-refractivity contribution in [3.8, 4) is 0 Å². The number of non-ortho nitro benzene ring substituents is 1. The SMILES string of the molecule is CC(Nc1cc(NN)cc([N+](=O)[O-])c1)C1CC1. The van der Waals surface area contributed by atoms with Crippen molar-refractivity contribution >= 4 is 17.1 Å². The van der Waals surface area contributed by atoms with Gasteiger partial charge >= 0.3 is 0 Å². The maximum atomic E-state index is 10.8. The lowest BCUT2D eigenvalue weighted by atomic mass is 10.2. The van der Waals surface area contributed by atoms with E-state index in [0.29, 0.717) is 17.6 Å². The van der Waals surface area contributed by atoms with Crippen LogP contribution in [-0.2, 0) is 0 Å². The number of nitrogen functional groups attached to an aromatic ring is 1. The maximum Gasteiger partial charge on any atom is 0.273 e. The zero-order valence-electron chi connectivity index (χ0n) is 9.64. The predicted molar refractivity (Wildman–Crippen MR) is 66.7 cm³/mol. The quantitative estimate of drug-likeness (QED) is 0.413. The van der Waals surface area contributed by atoms with Gasteiger partial charge in [0.2, 0.25) is 0 Å². The first kappa shape index (κ1) is 11.7. The number of anilines is 2. The molecule has 0 spiro atoms. The van der Waals surface area contributed by atoms with Crippen LogP contribution in [0.15, 0.2) is 18.2 Å². The van der Waals surface area contributed by atoms with Crippen molar-refractivity contribution in [2.24, 2.45) is 11.8 Å². The van der Waals surface area contributed by atoms with Gasteiger partial charge in [-0.1, -0.05) is 0 Å². The summed E-state index contributed by atoms with van der Waals surface area (Å²) < 4.78 is 0. The monoisotopic (exact) mass is 236 g/mol. The minimum Gasteiger partial charge on any atom is -0.382 e. The molecule has 1 aliphatic rings. The van der Waals surface area contributed by atoms with Gasteiger partial charge in [-0.3, -0.25) is 16.0 Å². The van der Waals surface area contributed by atoms with Gasteiger partial charge in [0, 0.05) is 23.9 Å². The molecule has 4 N–H and O–H groups in total. The largest absolute Gasteiger partial charge is 0.382 e. The minimum atomic E-state index is -0.423. The molecule has 0 bridgehead atoms. The molecule has 1 aliphatic carbocycles. The Morgan fingerprint density at radius 1 is 1.41 bits per heavy atom. The molecule has 0 heterocycles. The first-order chi connectivity index (χ1) is 8.10. The summed E-state index contributed by atoms with van der Waals surface area (Å²) in [5, 5.41) is 14.0. The zero-order valence-corrected chi connectivity index (χ0v) is 9.64. The van der Waals surface area contributed by atoms with Crippen molar-refractivity contribution in [3.63, 3.8) is 0 Å². The van der Waals surface area contributed by atoms with Crippen LogP contribution in [-0.4, -0.2) is 11.0 Å². The smallest absolute Gasteiger partial charge is 0.273 e. The Kier molecular flexibility index (Phi) is 3.14. The molecule has 1 aromatic rings. The Morgan fingerprint density at radius 2 is 2.06 bits per heavy atom. The van der Waals surface area contributed by atoms with E-state index in [2.05, 4.69) is 17.7 Å². The summed E-state index contributed by atoms with van der Waals surface area (Å²) >= 11 is 0. The fourth-order valence-electron chi connectivity index (χ4n) is 1.86. The lowest BCUT2D eigenvalue weighted by molar-refractivity contribution is -0.384. The number of nitrogens with two attached hydrogens (primary N) is 1. The van der Waals surface area contributed by atoms with E-state index in [1.165, 1.54) is 25.0 Å². The predicted octanol–water partition coefficient (Wildman–Crippen LogP) is 2.09. The molecule has 6 heteroatoms. The molecule has 1 saturated carbocycles. The minimum absolute atomic E-state index is 0.0333. The summed E-state index contributed by atoms with van der Waals surface area (Å²) in [6.07, 6.45) is 2.45. The van der Waals surface area contributed by atoms with Crippen molar-refractivity contribution in [1.82, 2.24) is 0 Å². The molecule has 6 nitrogen and oxygen atoms in total. The zero-order chi connectivity index (χ0) is 12.4. The molecule has 1 aromatic carbocycles. The van der Waals surface area contributed by atoms with Crippen LogP contribution >= 0.6 is 0 Å². The van der Waals surface area contributed by atoms with E-state index in [9.17, 15) is 10.1 Å². The average molecular weight is 236 g/mol. The van der Waals surface area contributed by atoms with E-state index < -0.39 is 4.92 Å². The molecule has 1 unspecified atom stereocenters. The Morgan fingerprint density at radius 3 is 2.59 bits per heavy atom. The third-order valence-electron chi connectivity index (χ3n) is 3.02. The first-order valence-electron chi connectivity index (χ1n) is 5.63. The second-order valence-electron chi connectivity index (χ2n) is 4.44. The summed E-state index contributed by atoms with van der Waals surface area (Å²) in [5.41, 5.74) is 3.73. The molecule has 2 rings (SSSR count). The summed E-state index contributed by atoms with van der Waals surface area (Å²) in [7, 11) is 0. The van der Waals surface area contributed by atoms with Crippen LogP contribution in [0.3, 0.4) is 0 Å². The molecule has 0 aromatic heterocycles.